The molecule has 2 aromatic rings. The lowest BCUT2D eigenvalue weighted by molar-refractivity contribution is 0.0623. The second-order valence-corrected chi connectivity index (χ2v) is 5.71. The molecule has 1 aliphatic rings. The number of rotatable bonds is 2. The lowest BCUT2D eigenvalue weighted by Crippen LogP contribution is -2.42. The van der Waals surface area contributed by atoms with E-state index >= 15 is 0 Å². The van der Waals surface area contributed by atoms with Crippen molar-refractivity contribution in [2.75, 3.05) is 6.54 Å². The van der Waals surface area contributed by atoms with Crippen LogP contribution in [0.2, 0.25) is 0 Å². The minimum absolute atomic E-state index is 0.129. The highest BCUT2D eigenvalue weighted by molar-refractivity contribution is 5.90. The Hall–Kier alpha value is -2.24. The quantitative estimate of drug-likeness (QED) is 0.857. The van der Waals surface area contributed by atoms with Crippen LogP contribution in [0, 0.1) is 12.7 Å². The number of amides is 1. The minimum atomic E-state index is -0.306. The number of piperidine rings is 1. The zero-order chi connectivity index (χ0) is 15.7. The van der Waals surface area contributed by atoms with Gasteiger partial charge in [-0.05, 0) is 57.4 Å². The fourth-order valence-electron chi connectivity index (χ4n) is 2.84. The van der Waals surface area contributed by atoms with Gasteiger partial charge in [0.15, 0.2) is 0 Å². The van der Waals surface area contributed by atoms with Crippen molar-refractivity contribution in [3.63, 3.8) is 0 Å². The first-order chi connectivity index (χ1) is 10.6. The number of benzene rings is 1. The molecule has 1 amide bonds. The monoisotopic (exact) mass is 302 g/mol. The maximum Gasteiger partial charge on any atom is 0.293 e. The van der Waals surface area contributed by atoms with Gasteiger partial charge >= 0.3 is 0 Å². The number of carbonyl (C=O) groups is 1. The molecule has 0 N–H and O–H groups in total. The van der Waals surface area contributed by atoms with E-state index in [2.05, 4.69) is 17.0 Å². The molecule has 6 heteroatoms. The first-order valence-electron chi connectivity index (χ1n) is 7.57. The Morgan fingerprint density at radius 3 is 2.68 bits per heavy atom. The molecular formula is C16H19FN4O. The average Bonchev–Trinajstić information content (AvgIpc) is 2.90. The number of hydrogen-bond donors (Lipinski definition) is 0. The van der Waals surface area contributed by atoms with Gasteiger partial charge in [0, 0.05) is 12.6 Å². The van der Waals surface area contributed by atoms with Crippen molar-refractivity contribution in [3.8, 4) is 5.69 Å². The van der Waals surface area contributed by atoms with Gasteiger partial charge in [-0.2, -0.15) is 0 Å². The first-order valence-corrected chi connectivity index (χ1v) is 7.57. The van der Waals surface area contributed by atoms with E-state index in [1.54, 1.807) is 23.7 Å². The van der Waals surface area contributed by atoms with Gasteiger partial charge in [0.05, 0.1) is 5.69 Å². The highest BCUT2D eigenvalue weighted by atomic mass is 19.1. The van der Waals surface area contributed by atoms with E-state index in [0.717, 1.165) is 25.8 Å². The summed E-state index contributed by atoms with van der Waals surface area (Å²) in [4.78, 5) is 18.7. The summed E-state index contributed by atoms with van der Waals surface area (Å²) in [6.07, 6.45) is 3.19. The SMILES string of the molecule is Cc1nc(C(=O)N2CCCCC2C)nn1-c1ccc(F)cc1. The highest BCUT2D eigenvalue weighted by Gasteiger charge is 2.27. The molecule has 1 fully saturated rings. The molecule has 1 unspecified atom stereocenters. The van der Waals surface area contributed by atoms with Gasteiger partial charge in [-0.3, -0.25) is 4.79 Å². The van der Waals surface area contributed by atoms with Crippen LogP contribution in [0.3, 0.4) is 0 Å². The first kappa shape index (κ1) is 14.7. The van der Waals surface area contributed by atoms with Crippen LogP contribution in [0.25, 0.3) is 5.69 Å². The third kappa shape index (κ3) is 2.73. The molecule has 22 heavy (non-hydrogen) atoms. The Morgan fingerprint density at radius 1 is 1.27 bits per heavy atom. The van der Waals surface area contributed by atoms with Gasteiger partial charge in [0.2, 0.25) is 5.82 Å². The van der Waals surface area contributed by atoms with Crippen LogP contribution in [0.5, 0.6) is 0 Å². The molecular weight excluding hydrogens is 283 g/mol. The van der Waals surface area contributed by atoms with E-state index in [0.29, 0.717) is 11.5 Å². The summed E-state index contributed by atoms with van der Waals surface area (Å²) in [7, 11) is 0. The van der Waals surface area contributed by atoms with Gasteiger partial charge in [0.25, 0.3) is 5.91 Å². The molecule has 0 saturated carbocycles. The number of hydrogen-bond acceptors (Lipinski definition) is 3. The lowest BCUT2D eigenvalue weighted by Gasteiger charge is -2.32. The van der Waals surface area contributed by atoms with Crippen molar-refractivity contribution in [1.29, 1.82) is 0 Å². The molecule has 1 atom stereocenters. The van der Waals surface area contributed by atoms with Crippen LogP contribution in [0.15, 0.2) is 24.3 Å². The third-order valence-corrected chi connectivity index (χ3v) is 4.10. The van der Waals surface area contributed by atoms with E-state index in [1.807, 2.05) is 4.90 Å². The predicted octanol–water partition coefficient (Wildman–Crippen LogP) is 2.73. The summed E-state index contributed by atoms with van der Waals surface area (Å²) >= 11 is 0. The highest BCUT2D eigenvalue weighted by Crippen LogP contribution is 2.19. The molecule has 1 aromatic heterocycles. The number of carbonyl (C=O) groups excluding carboxylic acids is 1. The molecule has 5 nitrogen and oxygen atoms in total. The minimum Gasteiger partial charge on any atom is -0.333 e. The zero-order valence-corrected chi connectivity index (χ0v) is 12.8. The standard InChI is InChI=1S/C16H19FN4O/c1-11-5-3-4-10-20(11)16(22)15-18-12(2)21(19-15)14-8-6-13(17)7-9-14/h6-9,11H,3-5,10H2,1-2H3. The summed E-state index contributed by atoms with van der Waals surface area (Å²) in [5.74, 6) is 0.381. The summed E-state index contributed by atoms with van der Waals surface area (Å²) in [5, 5.41) is 4.31. The summed E-state index contributed by atoms with van der Waals surface area (Å²) in [6.45, 7) is 4.60. The van der Waals surface area contributed by atoms with Crippen molar-refractivity contribution in [3.05, 3.63) is 41.7 Å². The fourth-order valence-corrected chi connectivity index (χ4v) is 2.84. The van der Waals surface area contributed by atoms with E-state index in [4.69, 9.17) is 0 Å². The van der Waals surface area contributed by atoms with Crippen LogP contribution in [-0.4, -0.2) is 38.2 Å². The van der Waals surface area contributed by atoms with Crippen molar-refractivity contribution in [2.24, 2.45) is 0 Å². The summed E-state index contributed by atoms with van der Waals surface area (Å²) in [6, 6.07) is 6.19. The third-order valence-electron chi connectivity index (χ3n) is 4.10. The van der Waals surface area contributed by atoms with Crippen molar-refractivity contribution in [2.45, 2.75) is 39.2 Å². The number of nitrogens with zero attached hydrogens (tertiary/aromatic N) is 4. The Morgan fingerprint density at radius 2 is 2.00 bits per heavy atom. The molecule has 3 rings (SSSR count). The molecule has 1 aliphatic heterocycles. The molecule has 0 radical (unpaired) electrons. The molecule has 0 aliphatic carbocycles. The average molecular weight is 302 g/mol. The molecule has 0 spiro atoms. The van der Waals surface area contributed by atoms with Crippen molar-refractivity contribution >= 4 is 5.91 Å². The van der Waals surface area contributed by atoms with Crippen LogP contribution in [-0.2, 0) is 0 Å². The normalized spacial score (nSPS) is 18.5. The maximum absolute atomic E-state index is 13.0. The Kier molecular flexibility index (Phi) is 3.92. The van der Waals surface area contributed by atoms with Crippen molar-refractivity contribution in [1.82, 2.24) is 19.7 Å². The topological polar surface area (TPSA) is 51.0 Å². The van der Waals surface area contributed by atoms with Crippen LogP contribution < -0.4 is 0 Å². The molecule has 1 aromatic carbocycles. The maximum atomic E-state index is 13.0. The van der Waals surface area contributed by atoms with Crippen LogP contribution in [0.1, 0.15) is 42.6 Å². The van der Waals surface area contributed by atoms with Gasteiger partial charge in [-0.25, -0.2) is 14.1 Å². The lowest BCUT2D eigenvalue weighted by atomic mass is 10.0. The smallest absolute Gasteiger partial charge is 0.293 e. The van der Waals surface area contributed by atoms with Crippen molar-refractivity contribution < 1.29 is 9.18 Å². The van der Waals surface area contributed by atoms with E-state index < -0.39 is 0 Å². The van der Waals surface area contributed by atoms with E-state index in [9.17, 15) is 9.18 Å². The largest absolute Gasteiger partial charge is 0.333 e. The van der Waals surface area contributed by atoms with Crippen LogP contribution >= 0.6 is 0 Å². The molecule has 116 valence electrons. The zero-order valence-electron chi connectivity index (χ0n) is 12.8. The Balaban J connectivity index is 1.88. The number of halogens is 1. The summed E-state index contributed by atoms with van der Waals surface area (Å²) in [5.41, 5.74) is 0.692. The Labute approximate surface area is 128 Å². The molecule has 2 heterocycles. The second kappa shape index (κ2) is 5.87. The number of aryl methyl sites for hydroxylation is 1. The molecule has 0 bridgehead atoms. The predicted molar refractivity (Wildman–Crippen MR) is 80.4 cm³/mol. The van der Waals surface area contributed by atoms with E-state index in [-0.39, 0.29) is 23.6 Å². The second-order valence-electron chi connectivity index (χ2n) is 5.71. The Bertz CT molecular complexity index is 680. The van der Waals surface area contributed by atoms with Gasteiger partial charge in [-0.15, -0.1) is 5.10 Å². The van der Waals surface area contributed by atoms with Crippen LogP contribution in [0.4, 0.5) is 4.39 Å². The fraction of sp³-hybridized carbons (Fsp3) is 0.438. The van der Waals surface area contributed by atoms with Gasteiger partial charge < -0.3 is 4.90 Å². The van der Waals surface area contributed by atoms with Gasteiger partial charge in [0.1, 0.15) is 11.6 Å². The van der Waals surface area contributed by atoms with Gasteiger partial charge in [-0.1, -0.05) is 0 Å². The summed E-state index contributed by atoms with van der Waals surface area (Å²) < 4.78 is 14.6. The number of likely N-dealkylation sites (tertiary alicyclic amines) is 1. The molecule has 1 saturated heterocycles. The van der Waals surface area contributed by atoms with E-state index in [1.165, 1.54) is 12.1 Å². The number of aromatic nitrogens is 3.